The number of nitrogens with zero attached hydrogens (tertiary/aromatic N) is 2. The number of aliphatic hydroxyl groups excluding tert-OH is 1. The zero-order chi connectivity index (χ0) is 9.26. The van der Waals surface area contributed by atoms with E-state index in [2.05, 4.69) is 10.4 Å². The van der Waals surface area contributed by atoms with Crippen LogP contribution in [0, 0.1) is 5.92 Å². The Morgan fingerprint density at radius 2 is 2.54 bits per heavy atom. The van der Waals surface area contributed by atoms with Gasteiger partial charge in [-0.3, -0.25) is 4.68 Å². The Kier molecular flexibility index (Phi) is 2.33. The van der Waals surface area contributed by atoms with Crippen molar-refractivity contribution in [1.82, 2.24) is 15.1 Å². The second-order valence-electron chi connectivity index (χ2n) is 3.71. The monoisotopic (exact) mass is 181 g/mol. The molecule has 4 nitrogen and oxygen atoms in total. The maximum absolute atomic E-state index is 9.57. The van der Waals surface area contributed by atoms with Crippen LogP contribution in [0.2, 0.25) is 0 Å². The lowest BCUT2D eigenvalue weighted by molar-refractivity contribution is 0.147. The van der Waals surface area contributed by atoms with Gasteiger partial charge in [0.15, 0.2) is 0 Å². The standard InChI is InChI=1S/C9H15N3O/c1-12-6-7(3-11-12)2-8-4-10-5-9(8)13/h3,6,8-10,13H,2,4-5H2,1H3/t8-,9-/m1/s1. The minimum absolute atomic E-state index is 0.194. The van der Waals surface area contributed by atoms with E-state index in [0.717, 1.165) is 19.5 Å². The second kappa shape index (κ2) is 3.47. The molecular weight excluding hydrogens is 166 g/mol. The Morgan fingerprint density at radius 3 is 3.08 bits per heavy atom. The predicted octanol–water partition coefficient (Wildman–Crippen LogP) is -0.457. The van der Waals surface area contributed by atoms with Crippen molar-refractivity contribution in [2.45, 2.75) is 12.5 Å². The fraction of sp³-hybridized carbons (Fsp3) is 0.667. The van der Waals surface area contributed by atoms with Crippen molar-refractivity contribution >= 4 is 0 Å². The molecule has 2 heterocycles. The number of rotatable bonds is 2. The van der Waals surface area contributed by atoms with Gasteiger partial charge in [0.05, 0.1) is 12.3 Å². The second-order valence-corrected chi connectivity index (χ2v) is 3.71. The van der Waals surface area contributed by atoms with E-state index in [1.807, 2.05) is 19.4 Å². The average Bonchev–Trinajstić information content (AvgIpc) is 2.64. The fourth-order valence-electron chi connectivity index (χ4n) is 1.81. The first-order valence-corrected chi connectivity index (χ1v) is 4.62. The van der Waals surface area contributed by atoms with Crippen molar-refractivity contribution in [2.24, 2.45) is 13.0 Å². The van der Waals surface area contributed by atoms with Crippen LogP contribution in [0.3, 0.4) is 0 Å². The van der Waals surface area contributed by atoms with Gasteiger partial charge in [0.25, 0.3) is 0 Å². The molecule has 72 valence electrons. The predicted molar refractivity (Wildman–Crippen MR) is 49.3 cm³/mol. The highest BCUT2D eigenvalue weighted by atomic mass is 16.3. The highest BCUT2D eigenvalue weighted by Crippen LogP contribution is 2.14. The van der Waals surface area contributed by atoms with E-state index >= 15 is 0 Å². The number of aliphatic hydroxyl groups is 1. The summed E-state index contributed by atoms with van der Waals surface area (Å²) in [7, 11) is 1.91. The maximum atomic E-state index is 9.57. The van der Waals surface area contributed by atoms with Crippen molar-refractivity contribution in [3.05, 3.63) is 18.0 Å². The highest BCUT2D eigenvalue weighted by molar-refractivity contribution is 5.06. The Labute approximate surface area is 77.6 Å². The summed E-state index contributed by atoms with van der Waals surface area (Å²) in [6.07, 6.45) is 4.60. The van der Waals surface area contributed by atoms with Crippen LogP contribution in [0.25, 0.3) is 0 Å². The Balaban J connectivity index is 1.97. The lowest BCUT2D eigenvalue weighted by Crippen LogP contribution is -2.19. The van der Waals surface area contributed by atoms with Gasteiger partial charge in [-0.15, -0.1) is 0 Å². The number of hydrogen-bond donors (Lipinski definition) is 2. The van der Waals surface area contributed by atoms with Crippen LogP contribution in [0.15, 0.2) is 12.4 Å². The number of aryl methyl sites for hydroxylation is 1. The molecule has 1 aliphatic heterocycles. The normalized spacial score (nSPS) is 28.2. The van der Waals surface area contributed by atoms with Crippen molar-refractivity contribution in [2.75, 3.05) is 13.1 Å². The lowest BCUT2D eigenvalue weighted by atomic mass is 9.99. The van der Waals surface area contributed by atoms with Crippen LogP contribution in [0.5, 0.6) is 0 Å². The smallest absolute Gasteiger partial charge is 0.0708 e. The Bertz CT molecular complexity index is 284. The molecule has 0 radical (unpaired) electrons. The van der Waals surface area contributed by atoms with Gasteiger partial charge in [0.2, 0.25) is 0 Å². The average molecular weight is 181 g/mol. The molecular formula is C9H15N3O. The van der Waals surface area contributed by atoms with E-state index in [1.165, 1.54) is 5.56 Å². The van der Waals surface area contributed by atoms with Gasteiger partial charge in [0, 0.05) is 32.3 Å². The summed E-state index contributed by atoms with van der Waals surface area (Å²) in [6, 6.07) is 0. The fourth-order valence-corrected chi connectivity index (χ4v) is 1.81. The molecule has 2 N–H and O–H groups in total. The molecule has 1 fully saturated rings. The molecule has 2 atom stereocenters. The molecule has 1 aromatic heterocycles. The first-order valence-electron chi connectivity index (χ1n) is 4.62. The van der Waals surface area contributed by atoms with Crippen LogP contribution in [0.1, 0.15) is 5.56 Å². The summed E-state index contributed by atoms with van der Waals surface area (Å²) in [5.41, 5.74) is 1.20. The summed E-state index contributed by atoms with van der Waals surface area (Å²) in [5.74, 6) is 0.351. The molecule has 1 aliphatic rings. The van der Waals surface area contributed by atoms with Crippen LogP contribution in [-0.4, -0.2) is 34.1 Å². The van der Waals surface area contributed by atoms with Gasteiger partial charge in [-0.2, -0.15) is 5.10 Å². The summed E-state index contributed by atoms with van der Waals surface area (Å²) < 4.78 is 1.80. The molecule has 0 aliphatic carbocycles. The van der Waals surface area contributed by atoms with Gasteiger partial charge in [-0.25, -0.2) is 0 Å². The van der Waals surface area contributed by atoms with E-state index in [9.17, 15) is 5.11 Å². The number of aromatic nitrogens is 2. The molecule has 0 bridgehead atoms. The van der Waals surface area contributed by atoms with Gasteiger partial charge < -0.3 is 10.4 Å². The summed E-state index contributed by atoms with van der Waals surface area (Å²) in [5, 5.41) is 16.8. The zero-order valence-electron chi connectivity index (χ0n) is 7.77. The van der Waals surface area contributed by atoms with Gasteiger partial charge in [0.1, 0.15) is 0 Å². The third kappa shape index (κ3) is 1.89. The molecule has 2 rings (SSSR count). The third-order valence-corrected chi connectivity index (χ3v) is 2.56. The lowest BCUT2D eigenvalue weighted by Gasteiger charge is -2.10. The molecule has 0 saturated carbocycles. The minimum atomic E-state index is -0.194. The first kappa shape index (κ1) is 8.72. The van der Waals surface area contributed by atoms with Crippen LogP contribution in [0.4, 0.5) is 0 Å². The van der Waals surface area contributed by atoms with E-state index < -0.39 is 0 Å². The molecule has 0 spiro atoms. The molecule has 1 aromatic rings. The zero-order valence-corrected chi connectivity index (χ0v) is 7.77. The molecule has 0 unspecified atom stereocenters. The topological polar surface area (TPSA) is 50.1 Å². The van der Waals surface area contributed by atoms with Crippen molar-refractivity contribution in [3.8, 4) is 0 Å². The van der Waals surface area contributed by atoms with Crippen LogP contribution in [-0.2, 0) is 13.5 Å². The van der Waals surface area contributed by atoms with Gasteiger partial charge in [-0.05, 0) is 12.0 Å². The number of nitrogens with one attached hydrogen (secondary N) is 1. The van der Waals surface area contributed by atoms with Crippen molar-refractivity contribution in [1.29, 1.82) is 0 Å². The summed E-state index contributed by atoms with van der Waals surface area (Å²) in [6.45, 7) is 1.64. The molecule has 0 amide bonds. The SMILES string of the molecule is Cn1cc(C[C@@H]2CNC[C@H]2O)cn1. The first-order chi connectivity index (χ1) is 6.25. The Hall–Kier alpha value is -0.870. The highest BCUT2D eigenvalue weighted by Gasteiger charge is 2.24. The quantitative estimate of drug-likeness (QED) is 0.649. The largest absolute Gasteiger partial charge is 0.391 e. The third-order valence-electron chi connectivity index (χ3n) is 2.56. The van der Waals surface area contributed by atoms with Crippen molar-refractivity contribution in [3.63, 3.8) is 0 Å². The molecule has 13 heavy (non-hydrogen) atoms. The molecule has 1 saturated heterocycles. The van der Waals surface area contributed by atoms with Gasteiger partial charge >= 0.3 is 0 Å². The van der Waals surface area contributed by atoms with Crippen LogP contribution < -0.4 is 5.32 Å². The molecule has 0 aromatic carbocycles. The van der Waals surface area contributed by atoms with E-state index in [1.54, 1.807) is 4.68 Å². The Morgan fingerprint density at radius 1 is 1.69 bits per heavy atom. The van der Waals surface area contributed by atoms with E-state index in [0.29, 0.717) is 5.92 Å². The molecule has 4 heteroatoms. The van der Waals surface area contributed by atoms with Crippen molar-refractivity contribution < 1.29 is 5.11 Å². The summed E-state index contributed by atoms with van der Waals surface area (Å²) >= 11 is 0. The maximum Gasteiger partial charge on any atom is 0.0708 e. The number of β-amino-alcohol motifs (C(OH)–C–C–N with tert-alkyl or cyclic N) is 1. The minimum Gasteiger partial charge on any atom is -0.391 e. The van der Waals surface area contributed by atoms with E-state index in [4.69, 9.17) is 0 Å². The van der Waals surface area contributed by atoms with Crippen LogP contribution >= 0.6 is 0 Å². The number of hydrogen-bond acceptors (Lipinski definition) is 3. The summed E-state index contributed by atoms with van der Waals surface area (Å²) in [4.78, 5) is 0. The van der Waals surface area contributed by atoms with Gasteiger partial charge in [-0.1, -0.05) is 0 Å². The van der Waals surface area contributed by atoms with E-state index in [-0.39, 0.29) is 6.10 Å².